The van der Waals surface area contributed by atoms with Crippen molar-refractivity contribution in [3.63, 3.8) is 0 Å². The molecule has 0 saturated heterocycles. The van der Waals surface area contributed by atoms with Gasteiger partial charge in [-0.25, -0.2) is 4.39 Å². The highest BCUT2D eigenvalue weighted by Crippen LogP contribution is 2.00. The molecule has 0 unspecified atom stereocenters. The number of hydrogen-bond acceptors (Lipinski definition) is 0. The van der Waals surface area contributed by atoms with Crippen LogP contribution in [0.4, 0.5) is 4.39 Å². The van der Waals surface area contributed by atoms with E-state index >= 15 is 0 Å². The van der Waals surface area contributed by atoms with Crippen LogP contribution >= 0.6 is 35.0 Å². The van der Waals surface area contributed by atoms with Crippen LogP contribution in [0.15, 0.2) is 0 Å². The summed E-state index contributed by atoms with van der Waals surface area (Å²) >= 11 is 2.26. The topological polar surface area (TPSA) is 0 Å². The lowest BCUT2D eigenvalue weighted by atomic mass is 10.6. The van der Waals surface area contributed by atoms with E-state index in [2.05, 4.69) is 22.6 Å². The summed E-state index contributed by atoms with van der Waals surface area (Å²) in [4.78, 5) is 0. The molecule has 0 bridgehead atoms. The molecule has 0 fully saturated rings. The molecule has 0 aliphatic rings. The Bertz CT molecular complexity index is 70.0. The van der Waals surface area contributed by atoms with Gasteiger partial charge in [-0.2, -0.15) is 0 Å². The van der Waals surface area contributed by atoms with Crippen molar-refractivity contribution in [1.82, 2.24) is 0 Å². The van der Waals surface area contributed by atoms with E-state index in [1.165, 1.54) is 0 Å². The van der Waals surface area contributed by atoms with E-state index in [0.29, 0.717) is 6.54 Å². The van der Waals surface area contributed by atoms with Gasteiger partial charge in [-0.15, -0.1) is 12.4 Å². The number of hydrogen-bond donors (Lipinski definition) is 0. The molecule has 0 aromatic rings. The maximum absolute atomic E-state index is 11.7. The van der Waals surface area contributed by atoms with Crippen LogP contribution in [0.25, 0.3) is 0 Å². The number of alkyl halides is 2. The fourth-order valence-electron chi connectivity index (χ4n) is 0.289. The van der Waals surface area contributed by atoms with Crippen LogP contribution in [0.1, 0.15) is 0 Å². The van der Waals surface area contributed by atoms with Crippen molar-refractivity contribution < 1.29 is 8.87 Å². The Morgan fingerprint density at radius 1 is 1.44 bits per heavy atom. The molecule has 0 aromatic heterocycles. The van der Waals surface area contributed by atoms with Gasteiger partial charge in [-0.3, -0.25) is 0 Å². The Hall–Kier alpha value is 0.910. The monoisotopic (exact) mass is 268 g/mol. The van der Waals surface area contributed by atoms with Crippen molar-refractivity contribution >= 4 is 35.0 Å². The van der Waals surface area contributed by atoms with Gasteiger partial charge in [0.25, 0.3) is 0 Å². The lowest BCUT2D eigenvalue weighted by Gasteiger charge is -2.25. The average molecular weight is 269 g/mol. The molecule has 0 amide bonds. The van der Waals surface area contributed by atoms with Crippen molar-refractivity contribution in [2.45, 2.75) is 0 Å². The maximum Gasteiger partial charge on any atom is 0.138 e. The van der Waals surface area contributed by atoms with Crippen LogP contribution in [-0.4, -0.2) is 36.3 Å². The third-order valence-electron chi connectivity index (χ3n) is 1.01. The van der Waals surface area contributed by atoms with Gasteiger partial charge < -0.3 is 4.48 Å². The summed E-state index contributed by atoms with van der Waals surface area (Å²) in [5.41, 5.74) is 0. The normalized spacial score (nSPS) is 10.7. The van der Waals surface area contributed by atoms with Gasteiger partial charge in [0.15, 0.2) is 0 Å². The van der Waals surface area contributed by atoms with Crippen LogP contribution < -0.4 is 0 Å². The van der Waals surface area contributed by atoms with Gasteiger partial charge in [-0.05, 0) is 22.6 Å². The molecule has 0 atom stereocenters. The zero-order valence-electron chi connectivity index (χ0n) is 5.73. The van der Waals surface area contributed by atoms with Crippen molar-refractivity contribution in [2.24, 2.45) is 0 Å². The van der Waals surface area contributed by atoms with Crippen LogP contribution in [0.2, 0.25) is 0 Å². The summed E-state index contributed by atoms with van der Waals surface area (Å²) in [6.45, 7) is 0.416. The molecule has 1 nitrogen and oxygen atoms in total. The SMILES string of the molecule is C[N+](C)(CI)CCF.Cl. The van der Waals surface area contributed by atoms with Crippen molar-refractivity contribution in [3.8, 4) is 0 Å². The lowest BCUT2D eigenvalue weighted by molar-refractivity contribution is -0.873. The minimum atomic E-state index is -0.212. The Balaban J connectivity index is 0. The average Bonchev–Trinajstić information content (AvgIpc) is 1.67. The first-order valence-corrected chi connectivity index (χ1v) is 4.09. The van der Waals surface area contributed by atoms with Crippen molar-refractivity contribution in [1.29, 1.82) is 0 Å². The Morgan fingerprint density at radius 3 is 2.00 bits per heavy atom. The molecular formula is C5H13ClFIN+. The second-order valence-corrected chi connectivity index (χ2v) is 3.15. The molecule has 0 N–H and O–H groups in total. The summed E-state index contributed by atoms with van der Waals surface area (Å²) in [6, 6.07) is 0. The fourth-order valence-corrected chi connectivity index (χ4v) is 0.630. The Kier molecular flexibility index (Phi) is 7.93. The highest BCUT2D eigenvalue weighted by atomic mass is 127. The molecule has 0 spiro atoms. The zero-order chi connectivity index (χ0) is 6.62. The van der Waals surface area contributed by atoms with Crippen molar-refractivity contribution in [2.75, 3.05) is 31.9 Å². The molecule has 0 aromatic carbocycles. The van der Waals surface area contributed by atoms with Gasteiger partial charge >= 0.3 is 0 Å². The number of halogens is 3. The number of nitrogens with zero attached hydrogens (tertiary/aromatic N) is 1. The molecule has 0 aliphatic heterocycles. The predicted octanol–water partition coefficient (Wildman–Crippen LogP) is 1.85. The third kappa shape index (κ3) is 6.80. The van der Waals surface area contributed by atoms with Crippen LogP contribution in [0.3, 0.4) is 0 Å². The van der Waals surface area contributed by atoms with E-state index in [9.17, 15) is 4.39 Å². The third-order valence-corrected chi connectivity index (χ3v) is 2.86. The van der Waals surface area contributed by atoms with Gasteiger partial charge in [0.1, 0.15) is 17.8 Å². The molecule has 58 valence electrons. The van der Waals surface area contributed by atoms with Crippen LogP contribution in [-0.2, 0) is 0 Å². The minimum absolute atomic E-state index is 0. The van der Waals surface area contributed by atoms with E-state index in [4.69, 9.17) is 0 Å². The largest absolute Gasteiger partial charge is 0.318 e. The fraction of sp³-hybridized carbons (Fsp3) is 1.00. The zero-order valence-corrected chi connectivity index (χ0v) is 8.71. The molecule has 0 rings (SSSR count). The quantitative estimate of drug-likeness (QED) is 0.317. The van der Waals surface area contributed by atoms with E-state index < -0.39 is 0 Å². The molecule has 9 heavy (non-hydrogen) atoms. The first kappa shape index (κ1) is 12.6. The molecule has 0 aliphatic carbocycles. The smallest absolute Gasteiger partial charge is 0.138 e. The second kappa shape index (κ2) is 5.68. The summed E-state index contributed by atoms with van der Waals surface area (Å²) in [5, 5.41) is 0. The minimum Gasteiger partial charge on any atom is -0.318 e. The maximum atomic E-state index is 11.7. The highest BCUT2D eigenvalue weighted by Gasteiger charge is 2.10. The second-order valence-electron chi connectivity index (χ2n) is 2.47. The Labute approximate surface area is 75.7 Å². The van der Waals surface area contributed by atoms with Gasteiger partial charge in [0.2, 0.25) is 0 Å². The Morgan fingerprint density at radius 2 is 1.89 bits per heavy atom. The van der Waals surface area contributed by atoms with Crippen LogP contribution in [0, 0.1) is 0 Å². The lowest BCUT2D eigenvalue weighted by Crippen LogP contribution is -2.39. The van der Waals surface area contributed by atoms with Crippen LogP contribution in [0.5, 0.6) is 0 Å². The highest BCUT2D eigenvalue weighted by molar-refractivity contribution is 14.1. The van der Waals surface area contributed by atoms with Gasteiger partial charge in [-0.1, -0.05) is 0 Å². The number of rotatable bonds is 3. The summed E-state index contributed by atoms with van der Waals surface area (Å²) in [5.74, 6) is 0. The number of quaternary nitrogens is 1. The van der Waals surface area contributed by atoms with E-state index in [1.807, 2.05) is 14.1 Å². The first-order chi connectivity index (χ1) is 3.62. The van der Waals surface area contributed by atoms with E-state index in [1.54, 1.807) is 0 Å². The standard InChI is InChI=1S/C5H12FIN.ClH/c1-8(2,5-7)4-3-6;/h3-5H2,1-2H3;1H/q+1;. The van der Waals surface area contributed by atoms with E-state index in [0.717, 1.165) is 9.03 Å². The molecular weight excluding hydrogens is 255 g/mol. The molecule has 0 heterocycles. The summed E-state index contributed by atoms with van der Waals surface area (Å²) in [7, 11) is 4.04. The predicted molar refractivity (Wildman–Crippen MR) is 49.1 cm³/mol. The molecule has 0 saturated carbocycles. The van der Waals surface area contributed by atoms with Crippen molar-refractivity contribution in [3.05, 3.63) is 0 Å². The van der Waals surface area contributed by atoms with Gasteiger partial charge in [0, 0.05) is 0 Å². The molecule has 4 heteroatoms. The molecule has 0 radical (unpaired) electrons. The van der Waals surface area contributed by atoms with E-state index in [-0.39, 0.29) is 19.1 Å². The first-order valence-electron chi connectivity index (χ1n) is 2.56. The summed E-state index contributed by atoms with van der Waals surface area (Å²) in [6.07, 6.45) is 0. The van der Waals surface area contributed by atoms with Gasteiger partial charge in [0.05, 0.1) is 14.1 Å². The summed E-state index contributed by atoms with van der Waals surface area (Å²) < 4.78 is 13.4.